The van der Waals surface area contributed by atoms with Crippen molar-refractivity contribution in [3.8, 4) is 17.1 Å². The van der Waals surface area contributed by atoms with E-state index in [1.807, 2.05) is 50.0 Å². The van der Waals surface area contributed by atoms with E-state index in [4.69, 9.17) is 9.47 Å². The number of hydrogen-bond acceptors (Lipinski definition) is 7. The van der Waals surface area contributed by atoms with Crippen LogP contribution in [0.1, 0.15) is 11.8 Å². The lowest BCUT2D eigenvalue weighted by Gasteiger charge is -2.16. The third-order valence-corrected chi connectivity index (χ3v) is 6.31. The highest BCUT2D eigenvalue weighted by Crippen LogP contribution is 2.28. The first-order valence-corrected chi connectivity index (χ1v) is 10.9. The van der Waals surface area contributed by atoms with Gasteiger partial charge in [-0.05, 0) is 42.0 Å². The van der Waals surface area contributed by atoms with Crippen molar-refractivity contribution in [3.05, 3.63) is 54.1 Å². The maximum Gasteiger partial charge on any atom is 0.191 e. The molecule has 158 valence electrons. The monoisotopic (exact) mass is 425 g/mol. The lowest BCUT2D eigenvalue weighted by Crippen LogP contribution is -2.17. The predicted molar refractivity (Wildman–Crippen MR) is 120 cm³/mol. The van der Waals surface area contributed by atoms with E-state index in [9.17, 15) is 0 Å². The van der Waals surface area contributed by atoms with Crippen LogP contribution in [-0.4, -0.2) is 54.4 Å². The highest BCUT2D eigenvalue weighted by atomic mass is 32.2. The number of rotatable bonds is 7. The van der Waals surface area contributed by atoms with E-state index in [0.29, 0.717) is 0 Å². The van der Waals surface area contributed by atoms with Crippen LogP contribution in [0, 0.1) is 0 Å². The molecule has 30 heavy (non-hydrogen) atoms. The fourth-order valence-corrected chi connectivity index (χ4v) is 4.28. The average molecular weight is 426 g/mol. The number of aromatic nitrogens is 3. The summed E-state index contributed by atoms with van der Waals surface area (Å²) in [5.74, 6) is 2.48. The Hall–Kier alpha value is -2.55. The first kappa shape index (κ1) is 20.7. The maximum absolute atomic E-state index is 6.21. The molecule has 8 heteroatoms. The molecule has 1 aliphatic rings. The molecule has 1 fully saturated rings. The van der Waals surface area contributed by atoms with Crippen molar-refractivity contribution in [2.24, 2.45) is 7.05 Å². The minimum atomic E-state index is -0.0684. The van der Waals surface area contributed by atoms with Crippen molar-refractivity contribution < 1.29 is 9.47 Å². The van der Waals surface area contributed by atoms with E-state index >= 15 is 0 Å². The summed E-state index contributed by atoms with van der Waals surface area (Å²) in [6, 6.07) is 16.3. The zero-order valence-electron chi connectivity index (χ0n) is 17.7. The number of benzene rings is 2. The second kappa shape index (κ2) is 9.07. The van der Waals surface area contributed by atoms with E-state index in [0.717, 1.165) is 40.2 Å². The smallest absolute Gasteiger partial charge is 0.191 e. The molecule has 0 radical (unpaired) electrons. The molecule has 0 aliphatic carbocycles. The highest BCUT2D eigenvalue weighted by molar-refractivity contribution is 7.99. The Morgan fingerprint density at radius 2 is 1.87 bits per heavy atom. The first-order valence-electron chi connectivity index (χ1n) is 9.88. The molecule has 0 saturated carbocycles. The van der Waals surface area contributed by atoms with Gasteiger partial charge < -0.3 is 18.9 Å². The topological polar surface area (TPSA) is 64.4 Å². The van der Waals surface area contributed by atoms with Gasteiger partial charge in [0.1, 0.15) is 12.0 Å². The molecule has 0 spiro atoms. The molecule has 1 aliphatic heterocycles. The molecule has 0 unspecified atom stereocenters. The van der Waals surface area contributed by atoms with E-state index in [1.165, 1.54) is 5.69 Å². The average Bonchev–Trinajstić information content (AvgIpc) is 3.39. The molecule has 3 aromatic rings. The molecular weight excluding hydrogens is 398 g/mol. The van der Waals surface area contributed by atoms with Gasteiger partial charge in [-0.15, -0.1) is 10.2 Å². The molecule has 0 amide bonds. The number of nitrogens with zero attached hydrogens (tertiary/aromatic N) is 4. The van der Waals surface area contributed by atoms with Gasteiger partial charge in [0.15, 0.2) is 11.0 Å². The van der Waals surface area contributed by atoms with Crippen LogP contribution >= 0.6 is 11.8 Å². The molecule has 4 rings (SSSR count). The first-order chi connectivity index (χ1) is 14.5. The molecular formula is C22H27N5O2S. The Morgan fingerprint density at radius 3 is 2.53 bits per heavy atom. The summed E-state index contributed by atoms with van der Waals surface area (Å²) in [5.41, 5.74) is 3.34. The molecule has 7 nitrogen and oxygen atoms in total. The second-order valence-electron chi connectivity index (χ2n) is 7.44. The summed E-state index contributed by atoms with van der Waals surface area (Å²) >= 11 is 1.66. The summed E-state index contributed by atoms with van der Waals surface area (Å²) in [6.07, 6.45) is 0.0517. The van der Waals surface area contributed by atoms with Crippen LogP contribution in [0.4, 0.5) is 5.69 Å². The van der Waals surface area contributed by atoms with Crippen LogP contribution in [0.3, 0.4) is 0 Å². The van der Waals surface area contributed by atoms with Crippen molar-refractivity contribution in [3.63, 3.8) is 0 Å². The molecule has 1 saturated heterocycles. The molecule has 2 heterocycles. The van der Waals surface area contributed by atoms with Gasteiger partial charge in [0, 0.05) is 44.7 Å². The van der Waals surface area contributed by atoms with Crippen LogP contribution in [0.25, 0.3) is 11.4 Å². The van der Waals surface area contributed by atoms with Crippen molar-refractivity contribution in [1.82, 2.24) is 20.1 Å². The summed E-state index contributed by atoms with van der Waals surface area (Å²) < 4.78 is 13.5. The highest BCUT2D eigenvalue weighted by Gasteiger charge is 2.26. The van der Waals surface area contributed by atoms with E-state index < -0.39 is 0 Å². The van der Waals surface area contributed by atoms with E-state index in [2.05, 4.69) is 44.7 Å². The van der Waals surface area contributed by atoms with Crippen molar-refractivity contribution in [1.29, 1.82) is 0 Å². The maximum atomic E-state index is 6.21. The van der Waals surface area contributed by atoms with Gasteiger partial charge in [-0.25, -0.2) is 0 Å². The lowest BCUT2D eigenvalue weighted by molar-refractivity contribution is 0.0534. The van der Waals surface area contributed by atoms with E-state index in [1.54, 1.807) is 18.9 Å². The zero-order valence-corrected chi connectivity index (χ0v) is 18.5. The largest absolute Gasteiger partial charge is 0.497 e. The number of nitrogens with one attached hydrogen (secondary N) is 1. The van der Waals surface area contributed by atoms with Crippen LogP contribution in [0.15, 0.2) is 53.7 Å². The van der Waals surface area contributed by atoms with Gasteiger partial charge >= 0.3 is 0 Å². The van der Waals surface area contributed by atoms with Crippen molar-refractivity contribution in [2.75, 3.05) is 38.4 Å². The quantitative estimate of drug-likeness (QED) is 0.583. The van der Waals surface area contributed by atoms with Crippen LogP contribution < -0.4 is 15.0 Å². The molecule has 2 aromatic carbocycles. The SMILES string of the molecule is COc1ccc(-c2nnc(SC[C@@H]3CN[C@@H](c4ccc(N(C)C)cc4)O3)n2C)cc1. The lowest BCUT2D eigenvalue weighted by atomic mass is 10.2. The summed E-state index contributed by atoms with van der Waals surface area (Å²) in [7, 11) is 7.73. The van der Waals surface area contributed by atoms with E-state index in [-0.39, 0.29) is 12.3 Å². The summed E-state index contributed by atoms with van der Waals surface area (Å²) in [6.45, 7) is 0.816. The van der Waals surface area contributed by atoms with Gasteiger partial charge in [-0.2, -0.15) is 0 Å². The standard InChI is InChI=1S/C22H27N5O2S/c1-26(2)17-9-5-16(6-10-17)21-23-13-19(29-21)14-30-22-25-24-20(27(22)3)15-7-11-18(28-4)12-8-15/h5-12,19,21,23H,13-14H2,1-4H3/t19-,21+/m0/s1. The Morgan fingerprint density at radius 1 is 1.13 bits per heavy atom. The Labute approximate surface area is 181 Å². The van der Waals surface area contributed by atoms with Crippen LogP contribution in [0.5, 0.6) is 5.75 Å². The predicted octanol–water partition coefficient (Wildman–Crippen LogP) is 3.34. The fourth-order valence-electron chi connectivity index (χ4n) is 3.37. The van der Waals surface area contributed by atoms with Gasteiger partial charge in [0.05, 0.1) is 13.2 Å². The van der Waals surface area contributed by atoms with Gasteiger partial charge in [0.25, 0.3) is 0 Å². The Bertz CT molecular complexity index is 972. The van der Waals surface area contributed by atoms with Gasteiger partial charge in [-0.1, -0.05) is 23.9 Å². The minimum Gasteiger partial charge on any atom is -0.497 e. The molecule has 1 N–H and O–H groups in total. The molecule has 2 atom stereocenters. The summed E-state index contributed by atoms with van der Waals surface area (Å²) in [4.78, 5) is 2.09. The molecule has 0 bridgehead atoms. The number of ether oxygens (including phenoxy) is 2. The van der Waals surface area contributed by atoms with Crippen molar-refractivity contribution >= 4 is 17.4 Å². The van der Waals surface area contributed by atoms with Gasteiger partial charge in [-0.3, -0.25) is 5.32 Å². The minimum absolute atomic E-state index is 0.0684. The zero-order chi connectivity index (χ0) is 21.1. The number of thioether (sulfide) groups is 1. The van der Waals surface area contributed by atoms with Crippen LogP contribution in [0.2, 0.25) is 0 Å². The normalized spacial score (nSPS) is 18.5. The molecule has 1 aromatic heterocycles. The number of hydrogen-bond donors (Lipinski definition) is 1. The third kappa shape index (κ3) is 4.45. The van der Waals surface area contributed by atoms with Crippen LogP contribution in [-0.2, 0) is 11.8 Å². The van der Waals surface area contributed by atoms with Crippen molar-refractivity contribution in [2.45, 2.75) is 17.5 Å². The Balaban J connectivity index is 1.34. The number of methoxy groups -OCH3 is 1. The van der Waals surface area contributed by atoms with Gasteiger partial charge in [0.2, 0.25) is 0 Å². The number of anilines is 1. The Kier molecular flexibility index (Phi) is 6.26. The summed E-state index contributed by atoms with van der Waals surface area (Å²) in [5, 5.41) is 13.1. The second-order valence-corrected chi connectivity index (χ2v) is 8.42. The fraction of sp³-hybridized carbons (Fsp3) is 0.364. The third-order valence-electron chi connectivity index (χ3n) is 5.15.